The average molecular weight is 695 g/mol. The fourth-order valence-corrected chi connectivity index (χ4v) is 5.53. The van der Waals surface area contributed by atoms with Crippen LogP contribution in [0.2, 0.25) is 0 Å². The van der Waals surface area contributed by atoms with Crippen LogP contribution < -0.4 is 4.90 Å². The van der Waals surface area contributed by atoms with Gasteiger partial charge in [0.25, 0.3) is 0 Å². The number of carbonyl (C=O) groups excluding carboxylic acids is 3. The normalized spacial score (nSPS) is 18.2. The van der Waals surface area contributed by atoms with E-state index in [1.807, 2.05) is 62.4 Å². The van der Waals surface area contributed by atoms with E-state index in [1.165, 1.54) is 9.80 Å². The first kappa shape index (κ1) is 37.1. The molecule has 13 heteroatoms. The molecule has 0 saturated carbocycles. The van der Waals surface area contributed by atoms with Crippen molar-refractivity contribution in [2.24, 2.45) is 0 Å². The minimum atomic E-state index is -1.80. The van der Waals surface area contributed by atoms with Crippen molar-refractivity contribution in [2.75, 3.05) is 44.2 Å². The molecule has 3 amide bonds. The molecule has 2 aromatic rings. The molecule has 2 heterocycles. The molecule has 10 nitrogen and oxygen atoms in total. The van der Waals surface area contributed by atoms with Gasteiger partial charge in [-0.05, 0) is 44.9 Å². The van der Waals surface area contributed by atoms with Crippen LogP contribution in [0.3, 0.4) is 0 Å². The predicted molar refractivity (Wildman–Crippen MR) is 180 cm³/mol. The Hall–Kier alpha value is -3.39. The van der Waals surface area contributed by atoms with E-state index < -0.39 is 40.3 Å². The molecule has 2 aliphatic heterocycles. The van der Waals surface area contributed by atoms with Gasteiger partial charge in [0.1, 0.15) is 24.3 Å². The molecule has 46 heavy (non-hydrogen) atoms. The maximum Gasteiger partial charge on any atom is 0.411 e. The number of halogens is 3. The molecule has 0 radical (unpaired) electrons. The number of amides is 3. The largest absolute Gasteiger partial charge is 0.445 e. The Morgan fingerprint density at radius 1 is 0.957 bits per heavy atom. The number of ether oxygens (including phenoxy) is 2. The second-order valence-electron chi connectivity index (χ2n) is 11.8. The molecule has 0 aliphatic carbocycles. The van der Waals surface area contributed by atoms with E-state index in [1.54, 1.807) is 31.7 Å². The topological polar surface area (TPSA) is 106 Å². The lowest BCUT2D eigenvalue weighted by atomic mass is 10.1. The summed E-state index contributed by atoms with van der Waals surface area (Å²) >= 11 is 17.5. The van der Waals surface area contributed by atoms with Crippen LogP contribution in [-0.4, -0.2) is 93.6 Å². The highest BCUT2D eigenvalue weighted by Gasteiger charge is 2.46. The van der Waals surface area contributed by atoms with Crippen LogP contribution in [0.1, 0.15) is 52.2 Å². The highest BCUT2D eigenvalue weighted by molar-refractivity contribution is 6.67. The van der Waals surface area contributed by atoms with Crippen molar-refractivity contribution in [3.63, 3.8) is 0 Å². The molecule has 2 fully saturated rings. The monoisotopic (exact) mass is 693 g/mol. The number of nitrogens with zero attached hydrogens (tertiary/aromatic N) is 5. The standard InChI is InChI=1S/C31H36Cl3N5O5.C2H6/c1-30(2,3)44-29(42)39-20-24(38(19-22-9-5-4-6-10-22)28(41)43-21-31(32,33)34)17-26(39)27(40)37-15-13-36(14-16-37)25-12-8-7-11-23(25)18-35;1-2/h4-12,24,26H,13-17,19-21H2,1-3H3;1-2H3/t24-,26-;/m0./s1. The fraction of sp³-hybridized carbons (Fsp3) is 0.515. The summed E-state index contributed by atoms with van der Waals surface area (Å²) in [5.74, 6) is -0.235. The van der Waals surface area contributed by atoms with E-state index in [4.69, 9.17) is 44.3 Å². The van der Waals surface area contributed by atoms with Crippen LogP contribution in [-0.2, 0) is 20.8 Å². The summed E-state index contributed by atoms with van der Waals surface area (Å²) in [6.45, 7) is 10.9. The average Bonchev–Trinajstić information content (AvgIpc) is 3.48. The number of likely N-dealkylation sites (tertiary alicyclic amines) is 1. The molecule has 0 N–H and O–H groups in total. The maximum atomic E-state index is 14.0. The van der Waals surface area contributed by atoms with Gasteiger partial charge >= 0.3 is 12.2 Å². The molecule has 2 saturated heterocycles. The molecular weight excluding hydrogens is 653 g/mol. The van der Waals surface area contributed by atoms with Crippen LogP contribution in [0.15, 0.2) is 54.6 Å². The van der Waals surface area contributed by atoms with Crippen molar-refractivity contribution in [2.45, 2.75) is 69.1 Å². The summed E-state index contributed by atoms with van der Waals surface area (Å²) in [4.78, 5) is 47.5. The number of para-hydroxylation sites is 1. The van der Waals surface area contributed by atoms with E-state index in [-0.39, 0.29) is 25.4 Å². The van der Waals surface area contributed by atoms with Crippen molar-refractivity contribution in [1.29, 1.82) is 5.26 Å². The highest BCUT2D eigenvalue weighted by atomic mass is 35.6. The molecule has 4 rings (SSSR count). The van der Waals surface area contributed by atoms with Gasteiger partial charge in [-0.3, -0.25) is 14.6 Å². The highest BCUT2D eigenvalue weighted by Crippen LogP contribution is 2.30. The third kappa shape index (κ3) is 10.3. The van der Waals surface area contributed by atoms with Crippen molar-refractivity contribution in [1.82, 2.24) is 14.7 Å². The summed E-state index contributed by atoms with van der Waals surface area (Å²) < 4.78 is 9.22. The van der Waals surface area contributed by atoms with Gasteiger partial charge in [0.15, 0.2) is 0 Å². The lowest BCUT2D eigenvalue weighted by Crippen LogP contribution is -2.55. The van der Waals surface area contributed by atoms with Crippen LogP contribution in [0.4, 0.5) is 15.3 Å². The van der Waals surface area contributed by atoms with E-state index in [9.17, 15) is 19.6 Å². The van der Waals surface area contributed by atoms with Gasteiger partial charge in [-0.2, -0.15) is 5.26 Å². The van der Waals surface area contributed by atoms with Crippen molar-refractivity contribution < 1.29 is 23.9 Å². The molecule has 2 aromatic carbocycles. The van der Waals surface area contributed by atoms with Crippen LogP contribution in [0.25, 0.3) is 0 Å². The quantitative estimate of drug-likeness (QED) is 0.313. The first-order chi connectivity index (χ1) is 21.8. The van der Waals surface area contributed by atoms with Crippen molar-refractivity contribution in [3.8, 4) is 6.07 Å². The minimum Gasteiger partial charge on any atom is -0.445 e. The van der Waals surface area contributed by atoms with Crippen molar-refractivity contribution >= 4 is 58.6 Å². The van der Waals surface area contributed by atoms with E-state index in [0.717, 1.165) is 11.3 Å². The van der Waals surface area contributed by atoms with Gasteiger partial charge in [-0.25, -0.2) is 9.59 Å². The summed E-state index contributed by atoms with van der Waals surface area (Å²) in [6, 6.07) is 17.4. The third-order valence-electron chi connectivity index (χ3n) is 7.38. The number of carbonyl (C=O) groups is 3. The van der Waals surface area contributed by atoms with Gasteiger partial charge in [-0.1, -0.05) is 91.1 Å². The SMILES string of the molecule is CC.CC(C)(C)OC(=O)N1C[C@@H](N(Cc2ccccc2)C(=O)OCC(Cl)(Cl)Cl)C[C@H]1C(=O)N1CCN(c2ccccc2C#N)CC1. The molecule has 0 aromatic heterocycles. The first-order valence-electron chi connectivity index (χ1n) is 15.3. The second-order valence-corrected chi connectivity index (χ2v) is 14.3. The van der Waals surface area contributed by atoms with Crippen LogP contribution >= 0.6 is 34.8 Å². The Labute approximate surface area is 286 Å². The summed E-state index contributed by atoms with van der Waals surface area (Å²) in [5.41, 5.74) is 1.42. The Bertz CT molecular complexity index is 1370. The second kappa shape index (κ2) is 16.4. The van der Waals surface area contributed by atoms with Crippen LogP contribution in [0.5, 0.6) is 0 Å². The molecule has 2 atom stereocenters. The lowest BCUT2D eigenvalue weighted by molar-refractivity contribution is -0.136. The van der Waals surface area contributed by atoms with Gasteiger partial charge in [-0.15, -0.1) is 0 Å². The number of alkyl halides is 3. The fourth-order valence-electron chi connectivity index (χ4n) is 5.37. The molecule has 250 valence electrons. The maximum absolute atomic E-state index is 14.0. The van der Waals surface area contributed by atoms with Gasteiger partial charge < -0.3 is 19.3 Å². The number of hydrogen-bond acceptors (Lipinski definition) is 7. The van der Waals surface area contributed by atoms with E-state index in [2.05, 4.69) is 11.0 Å². The Morgan fingerprint density at radius 2 is 1.57 bits per heavy atom. The number of rotatable bonds is 6. The zero-order valence-electron chi connectivity index (χ0n) is 26.9. The summed E-state index contributed by atoms with van der Waals surface area (Å²) in [7, 11) is 0. The Morgan fingerprint density at radius 3 is 2.15 bits per heavy atom. The molecular formula is C33H42Cl3N5O5. The summed E-state index contributed by atoms with van der Waals surface area (Å²) in [6.07, 6.45) is -1.20. The van der Waals surface area contributed by atoms with Gasteiger partial charge in [0, 0.05) is 39.3 Å². The lowest BCUT2D eigenvalue weighted by Gasteiger charge is -2.38. The molecule has 2 aliphatic rings. The number of anilines is 1. The molecule has 0 unspecified atom stereocenters. The van der Waals surface area contributed by atoms with Gasteiger partial charge in [0.05, 0.1) is 17.3 Å². The number of benzene rings is 2. The molecule has 0 bridgehead atoms. The first-order valence-corrected chi connectivity index (χ1v) is 16.5. The molecule has 0 spiro atoms. The zero-order chi connectivity index (χ0) is 34.1. The Balaban J connectivity index is 0.00000282. The zero-order valence-corrected chi connectivity index (χ0v) is 29.2. The third-order valence-corrected chi connectivity index (χ3v) is 7.71. The number of piperazine rings is 1. The number of nitriles is 1. The minimum absolute atomic E-state index is 0.0521. The van der Waals surface area contributed by atoms with Gasteiger partial charge in [0.2, 0.25) is 9.70 Å². The van der Waals surface area contributed by atoms with Crippen molar-refractivity contribution in [3.05, 3.63) is 65.7 Å². The van der Waals surface area contributed by atoms with E-state index >= 15 is 0 Å². The van der Waals surface area contributed by atoms with E-state index in [0.29, 0.717) is 31.7 Å². The smallest absolute Gasteiger partial charge is 0.411 e. The predicted octanol–water partition coefficient (Wildman–Crippen LogP) is 6.62. The summed E-state index contributed by atoms with van der Waals surface area (Å²) in [5, 5.41) is 9.52. The number of hydrogen-bond donors (Lipinski definition) is 0. The Kier molecular flexibility index (Phi) is 13.2. The van der Waals surface area contributed by atoms with Crippen LogP contribution in [0, 0.1) is 11.3 Å².